The Bertz CT molecular complexity index is 542. The Balaban J connectivity index is 2.05. The van der Waals surface area contributed by atoms with Gasteiger partial charge in [-0.25, -0.2) is 4.79 Å². The SMILES string of the molecule is C[C@H]1CCCC=C[C@@H]2C[C@H](OC(=O)CN(C)C)C[C@H]2[C@@H](O)C=CC(=O)O1. The fourth-order valence-electron chi connectivity index (χ4n) is 3.66. The number of likely N-dealkylation sites (N-methyl/N-ethyl adjacent to an activating group) is 1. The number of carbonyl (C=O) groups is 2. The van der Waals surface area contributed by atoms with Gasteiger partial charge in [0.1, 0.15) is 6.10 Å². The zero-order valence-electron chi connectivity index (χ0n) is 16.0. The molecule has 0 spiro atoms. The minimum absolute atomic E-state index is 0.0781. The van der Waals surface area contributed by atoms with Crippen LogP contribution in [-0.2, 0) is 19.1 Å². The van der Waals surface area contributed by atoms with E-state index in [2.05, 4.69) is 12.2 Å². The summed E-state index contributed by atoms with van der Waals surface area (Å²) in [5.41, 5.74) is 0. The molecule has 1 heterocycles. The van der Waals surface area contributed by atoms with E-state index in [1.807, 2.05) is 21.0 Å². The molecule has 6 heteroatoms. The normalized spacial score (nSPS) is 33.0. The van der Waals surface area contributed by atoms with Crippen LogP contribution in [0.2, 0.25) is 0 Å². The van der Waals surface area contributed by atoms with Gasteiger partial charge >= 0.3 is 11.9 Å². The average molecular weight is 365 g/mol. The number of ether oxygens (including phenoxy) is 2. The van der Waals surface area contributed by atoms with Crippen LogP contribution in [0.15, 0.2) is 24.3 Å². The first-order valence-corrected chi connectivity index (χ1v) is 9.43. The smallest absolute Gasteiger partial charge is 0.330 e. The Morgan fingerprint density at radius 3 is 2.85 bits per heavy atom. The van der Waals surface area contributed by atoms with Gasteiger partial charge in [0.25, 0.3) is 0 Å². The van der Waals surface area contributed by atoms with Gasteiger partial charge in [0.2, 0.25) is 0 Å². The van der Waals surface area contributed by atoms with Crippen molar-refractivity contribution in [1.29, 1.82) is 0 Å². The molecule has 26 heavy (non-hydrogen) atoms. The van der Waals surface area contributed by atoms with Gasteiger partial charge in [-0.1, -0.05) is 12.2 Å². The second kappa shape index (κ2) is 9.88. The van der Waals surface area contributed by atoms with E-state index in [0.29, 0.717) is 12.8 Å². The van der Waals surface area contributed by atoms with Gasteiger partial charge in [-0.05, 0) is 71.0 Å². The first-order valence-electron chi connectivity index (χ1n) is 9.43. The maximum absolute atomic E-state index is 11.9. The first kappa shape index (κ1) is 20.6. The van der Waals surface area contributed by atoms with E-state index in [0.717, 1.165) is 19.3 Å². The molecule has 0 radical (unpaired) electrons. The van der Waals surface area contributed by atoms with Crippen LogP contribution in [0.1, 0.15) is 39.0 Å². The lowest BCUT2D eigenvalue weighted by Gasteiger charge is -2.19. The Labute approximate surface area is 155 Å². The summed E-state index contributed by atoms with van der Waals surface area (Å²) in [5.74, 6) is -0.626. The summed E-state index contributed by atoms with van der Waals surface area (Å²) < 4.78 is 10.9. The van der Waals surface area contributed by atoms with Gasteiger partial charge < -0.3 is 14.6 Å². The highest BCUT2D eigenvalue weighted by Crippen LogP contribution is 2.38. The van der Waals surface area contributed by atoms with E-state index in [1.54, 1.807) is 4.90 Å². The van der Waals surface area contributed by atoms with Crippen molar-refractivity contribution in [3.63, 3.8) is 0 Å². The van der Waals surface area contributed by atoms with Crippen molar-refractivity contribution in [1.82, 2.24) is 4.90 Å². The monoisotopic (exact) mass is 365 g/mol. The number of aliphatic hydroxyl groups excluding tert-OH is 1. The second-order valence-electron chi connectivity index (χ2n) is 7.61. The zero-order chi connectivity index (χ0) is 19.1. The third-order valence-corrected chi connectivity index (χ3v) is 4.91. The Morgan fingerprint density at radius 1 is 1.35 bits per heavy atom. The largest absolute Gasteiger partial charge is 0.461 e. The summed E-state index contributed by atoms with van der Waals surface area (Å²) in [6, 6.07) is 0. The van der Waals surface area contributed by atoms with Gasteiger partial charge in [0.05, 0.1) is 18.8 Å². The van der Waals surface area contributed by atoms with Crippen LogP contribution in [0, 0.1) is 11.8 Å². The number of hydrogen-bond donors (Lipinski definition) is 1. The van der Waals surface area contributed by atoms with Crippen LogP contribution in [0.3, 0.4) is 0 Å². The van der Waals surface area contributed by atoms with Crippen molar-refractivity contribution >= 4 is 11.9 Å². The third-order valence-electron chi connectivity index (χ3n) is 4.91. The van der Waals surface area contributed by atoms with Crippen molar-refractivity contribution in [3.05, 3.63) is 24.3 Å². The summed E-state index contributed by atoms with van der Waals surface area (Å²) in [5, 5.41) is 10.5. The maximum atomic E-state index is 11.9. The Kier molecular flexibility index (Phi) is 7.85. The molecular formula is C20H31NO5. The quantitative estimate of drug-likeness (QED) is 0.610. The van der Waals surface area contributed by atoms with Crippen molar-refractivity contribution in [3.8, 4) is 0 Å². The van der Waals surface area contributed by atoms with E-state index in [9.17, 15) is 14.7 Å². The number of fused-ring (bicyclic) bond motifs is 1. The average Bonchev–Trinajstić information content (AvgIpc) is 2.93. The molecule has 146 valence electrons. The van der Waals surface area contributed by atoms with E-state index in [1.165, 1.54) is 12.2 Å². The molecule has 1 saturated carbocycles. The molecule has 0 aromatic rings. The minimum atomic E-state index is -0.772. The number of hydrogen-bond acceptors (Lipinski definition) is 6. The van der Waals surface area contributed by atoms with Gasteiger partial charge in [-0.15, -0.1) is 0 Å². The van der Waals surface area contributed by atoms with Crippen molar-refractivity contribution in [2.45, 2.75) is 57.3 Å². The molecule has 0 bridgehead atoms. The number of allylic oxidation sites excluding steroid dienone is 2. The van der Waals surface area contributed by atoms with E-state index in [4.69, 9.17) is 9.47 Å². The van der Waals surface area contributed by atoms with Crippen LogP contribution in [-0.4, -0.2) is 60.9 Å². The van der Waals surface area contributed by atoms with Crippen molar-refractivity contribution < 1.29 is 24.2 Å². The summed E-state index contributed by atoms with van der Waals surface area (Å²) in [7, 11) is 3.64. The van der Waals surface area contributed by atoms with Crippen LogP contribution in [0.5, 0.6) is 0 Å². The number of cyclic esters (lactones) is 1. The van der Waals surface area contributed by atoms with Crippen LogP contribution in [0.25, 0.3) is 0 Å². The fourth-order valence-corrected chi connectivity index (χ4v) is 3.66. The number of carbonyl (C=O) groups excluding carboxylic acids is 2. The topological polar surface area (TPSA) is 76.1 Å². The Hall–Kier alpha value is -1.66. The minimum Gasteiger partial charge on any atom is -0.461 e. The highest BCUT2D eigenvalue weighted by atomic mass is 16.5. The molecule has 2 aliphatic rings. The lowest BCUT2D eigenvalue weighted by molar-refractivity contribution is -0.149. The van der Waals surface area contributed by atoms with Gasteiger partial charge in [0, 0.05) is 6.08 Å². The molecule has 1 fully saturated rings. The molecular weight excluding hydrogens is 334 g/mol. The highest BCUT2D eigenvalue weighted by Gasteiger charge is 2.38. The molecule has 6 nitrogen and oxygen atoms in total. The van der Waals surface area contributed by atoms with Crippen molar-refractivity contribution in [2.24, 2.45) is 11.8 Å². The van der Waals surface area contributed by atoms with Crippen molar-refractivity contribution in [2.75, 3.05) is 20.6 Å². The van der Waals surface area contributed by atoms with E-state index in [-0.39, 0.29) is 36.6 Å². The molecule has 0 aromatic heterocycles. The summed E-state index contributed by atoms with van der Waals surface area (Å²) in [6.07, 6.45) is 9.91. The second-order valence-corrected chi connectivity index (χ2v) is 7.61. The molecule has 0 amide bonds. The first-order chi connectivity index (χ1) is 12.3. The number of aliphatic hydroxyl groups is 1. The molecule has 2 rings (SSSR count). The zero-order valence-corrected chi connectivity index (χ0v) is 16.0. The number of nitrogens with zero attached hydrogens (tertiary/aromatic N) is 1. The molecule has 5 atom stereocenters. The van der Waals surface area contributed by atoms with Gasteiger partial charge in [-0.3, -0.25) is 9.69 Å². The lowest BCUT2D eigenvalue weighted by Crippen LogP contribution is -2.27. The maximum Gasteiger partial charge on any atom is 0.330 e. The highest BCUT2D eigenvalue weighted by molar-refractivity contribution is 5.82. The van der Waals surface area contributed by atoms with Crippen LogP contribution in [0.4, 0.5) is 0 Å². The predicted molar refractivity (Wildman–Crippen MR) is 98.3 cm³/mol. The fraction of sp³-hybridized carbons (Fsp3) is 0.700. The summed E-state index contributed by atoms with van der Waals surface area (Å²) in [4.78, 5) is 25.5. The van der Waals surface area contributed by atoms with Gasteiger partial charge in [-0.2, -0.15) is 0 Å². The van der Waals surface area contributed by atoms with E-state index >= 15 is 0 Å². The molecule has 1 N–H and O–H groups in total. The summed E-state index contributed by atoms with van der Waals surface area (Å²) >= 11 is 0. The standard InChI is InChI=1S/C20H31NO5/c1-14-7-5-4-6-8-15-11-16(26-20(24)13-21(2)3)12-17(15)18(22)9-10-19(23)25-14/h6,8-10,14-18,22H,4-5,7,11-13H2,1-3H3/t14-,15+,16-,17+,18-/m0/s1. The number of rotatable bonds is 3. The van der Waals surface area contributed by atoms with Crippen LogP contribution < -0.4 is 0 Å². The lowest BCUT2D eigenvalue weighted by atomic mass is 9.90. The number of esters is 2. The molecule has 0 unspecified atom stereocenters. The molecule has 0 saturated heterocycles. The van der Waals surface area contributed by atoms with Gasteiger partial charge in [0.15, 0.2) is 0 Å². The summed E-state index contributed by atoms with van der Waals surface area (Å²) in [6.45, 7) is 2.13. The third kappa shape index (κ3) is 6.57. The molecule has 1 aliphatic carbocycles. The molecule has 0 aromatic carbocycles. The molecule has 1 aliphatic heterocycles. The Morgan fingerprint density at radius 2 is 2.12 bits per heavy atom. The van der Waals surface area contributed by atoms with E-state index < -0.39 is 12.1 Å². The predicted octanol–water partition coefficient (Wildman–Crippen LogP) is 2.07. The van der Waals surface area contributed by atoms with Crippen LogP contribution >= 0.6 is 0 Å².